The fourth-order valence-electron chi connectivity index (χ4n) is 2.85. The molecule has 2 aromatic carbocycles. The number of non-ortho nitro benzene ring substituents is 1. The van der Waals surface area contributed by atoms with Crippen molar-refractivity contribution in [2.45, 2.75) is 19.9 Å². The van der Waals surface area contributed by atoms with E-state index in [1.807, 2.05) is 6.92 Å². The van der Waals surface area contributed by atoms with Crippen molar-refractivity contribution in [1.29, 1.82) is 0 Å². The Labute approximate surface area is 187 Å². The summed E-state index contributed by atoms with van der Waals surface area (Å²) >= 11 is 0. The standard InChI is InChI=1S/C22H30N4O6/c1-5-32-12-6-11-23-22(24-15-16-7-9-18(10-8-16)26(27)28)25-17-13-19(29-2)21(31-4)20(14-17)30-3/h7-10,13-14H,5-6,11-12,15H2,1-4H3,(H2,23,24,25). The average molecular weight is 447 g/mol. The molecule has 0 heterocycles. The topological polar surface area (TPSA) is 116 Å². The Kier molecular flexibility index (Phi) is 10.1. The van der Waals surface area contributed by atoms with Gasteiger partial charge in [-0.05, 0) is 18.9 Å². The highest BCUT2D eigenvalue weighted by Gasteiger charge is 2.14. The van der Waals surface area contributed by atoms with Gasteiger partial charge in [0.2, 0.25) is 5.75 Å². The number of nitrogens with zero attached hydrogens (tertiary/aromatic N) is 2. The molecule has 32 heavy (non-hydrogen) atoms. The van der Waals surface area contributed by atoms with Gasteiger partial charge < -0.3 is 29.6 Å². The number of aliphatic imine (C=N–C) groups is 1. The molecule has 0 saturated carbocycles. The summed E-state index contributed by atoms with van der Waals surface area (Å²) in [6.07, 6.45) is 0.807. The Morgan fingerprint density at radius 3 is 2.25 bits per heavy atom. The van der Waals surface area contributed by atoms with Crippen LogP contribution in [0.2, 0.25) is 0 Å². The summed E-state index contributed by atoms with van der Waals surface area (Å²) in [5, 5.41) is 17.4. The molecule has 0 aliphatic heterocycles. The quantitative estimate of drug-likeness (QED) is 0.167. The third-order valence-electron chi connectivity index (χ3n) is 4.46. The summed E-state index contributed by atoms with van der Waals surface area (Å²) in [7, 11) is 4.65. The molecule has 0 radical (unpaired) electrons. The van der Waals surface area contributed by atoms with E-state index in [0.717, 1.165) is 12.0 Å². The molecule has 0 unspecified atom stereocenters. The number of guanidine groups is 1. The lowest BCUT2D eigenvalue weighted by molar-refractivity contribution is -0.384. The molecule has 10 nitrogen and oxygen atoms in total. The maximum absolute atomic E-state index is 10.8. The normalized spacial score (nSPS) is 11.1. The van der Waals surface area contributed by atoms with Crippen LogP contribution in [0.5, 0.6) is 17.2 Å². The number of hydrogen-bond acceptors (Lipinski definition) is 7. The van der Waals surface area contributed by atoms with Crippen molar-refractivity contribution < 1.29 is 23.9 Å². The van der Waals surface area contributed by atoms with Crippen molar-refractivity contribution >= 4 is 17.3 Å². The van der Waals surface area contributed by atoms with Gasteiger partial charge >= 0.3 is 0 Å². The lowest BCUT2D eigenvalue weighted by Crippen LogP contribution is -2.32. The summed E-state index contributed by atoms with van der Waals surface area (Å²) in [5.74, 6) is 2.06. The number of anilines is 1. The third-order valence-corrected chi connectivity index (χ3v) is 4.46. The summed E-state index contributed by atoms with van der Waals surface area (Å²) < 4.78 is 21.6. The van der Waals surface area contributed by atoms with Crippen LogP contribution in [0.1, 0.15) is 18.9 Å². The van der Waals surface area contributed by atoms with Gasteiger partial charge in [0.05, 0.1) is 32.8 Å². The number of nitro benzene ring substituents is 1. The predicted octanol–water partition coefficient (Wildman–Crippen LogP) is 3.60. The number of rotatable bonds is 12. The van der Waals surface area contributed by atoms with E-state index in [-0.39, 0.29) is 5.69 Å². The Morgan fingerprint density at radius 1 is 1.06 bits per heavy atom. The second kappa shape index (κ2) is 13.0. The van der Waals surface area contributed by atoms with Gasteiger partial charge in [-0.25, -0.2) is 4.99 Å². The maximum atomic E-state index is 10.8. The van der Waals surface area contributed by atoms with Crippen molar-refractivity contribution in [2.24, 2.45) is 4.99 Å². The molecule has 0 aliphatic carbocycles. The first-order valence-corrected chi connectivity index (χ1v) is 10.2. The lowest BCUT2D eigenvalue weighted by atomic mass is 10.2. The number of benzene rings is 2. The summed E-state index contributed by atoms with van der Waals surface area (Å²) in [5.41, 5.74) is 1.58. The van der Waals surface area contributed by atoms with Gasteiger partial charge in [-0.2, -0.15) is 0 Å². The Hall–Kier alpha value is -3.53. The van der Waals surface area contributed by atoms with Crippen LogP contribution in [0, 0.1) is 10.1 Å². The first kappa shape index (κ1) is 24.7. The second-order valence-corrected chi connectivity index (χ2v) is 6.60. The van der Waals surface area contributed by atoms with E-state index in [9.17, 15) is 10.1 Å². The van der Waals surface area contributed by atoms with Crippen molar-refractivity contribution in [1.82, 2.24) is 5.32 Å². The average Bonchev–Trinajstić information content (AvgIpc) is 2.81. The molecule has 0 atom stereocenters. The van der Waals surface area contributed by atoms with Gasteiger partial charge in [0.1, 0.15) is 0 Å². The highest BCUT2D eigenvalue weighted by molar-refractivity contribution is 5.94. The van der Waals surface area contributed by atoms with Gasteiger partial charge in [-0.15, -0.1) is 0 Å². The molecular weight excluding hydrogens is 416 g/mol. The van der Waals surface area contributed by atoms with Crippen LogP contribution < -0.4 is 24.8 Å². The van der Waals surface area contributed by atoms with Crippen molar-refractivity contribution in [3.8, 4) is 17.2 Å². The van der Waals surface area contributed by atoms with Crippen molar-refractivity contribution in [2.75, 3.05) is 46.4 Å². The smallest absolute Gasteiger partial charge is 0.269 e. The van der Waals surface area contributed by atoms with Crippen LogP contribution >= 0.6 is 0 Å². The zero-order valence-corrected chi connectivity index (χ0v) is 18.8. The molecule has 0 amide bonds. The monoisotopic (exact) mass is 446 g/mol. The Bertz CT molecular complexity index is 877. The highest BCUT2D eigenvalue weighted by atomic mass is 16.6. The van der Waals surface area contributed by atoms with Crippen LogP contribution in [0.15, 0.2) is 41.4 Å². The predicted molar refractivity (Wildman–Crippen MR) is 123 cm³/mol. The van der Waals surface area contributed by atoms with Gasteiger partial charge in [0, 0.05) is 49.7 Å². The highest BCUT2D eigenvalue weighted by Crippen LogP contribution is 2.39. The minimum atomic E-state index is -0.426. The minimum Gasteiger partial charge on any atom is -0.493 e. The van der Waals surface area contributed by atoms with Crippen LogP contribution in [0.25, 0.3) is 0 Å². The molecule has 0 bridgehead atoms. The number of ether oxygens (including phenoxy) is 4. The van der Waals surface area contributed by atoms with E-state index < -0.39 is 4.92 Å². The largest absolute Gasteiger partial charge is 0.493 e. The maximum Gasteiger partial charge on any atom is 0.269 e. The third kappa shape index (κ3) is 7.31. The van der Waals surface area contributed by atoms with E-state index in [2.05, 4.69) is 15.6 Å². The van der Waals surface area contributed by atoms with E-state index in [1.54, 1.807) is 45.6 Å². The molecule has 0 spiro atoms. The van der Waals surface area contributed by atoms with Gasteiger partial charge in [0.25, 0.3) is 5.69 Å². The van der Waals surface area contributed by atoms with Crippen LogP contribution in [-0.4, -0.2) is 52.0 Å². The molecule has 2 aromatic rings. The van der Waals surface area contributed by atoms with Gasteiger partial charge in [0.15, 0.2) is 17.5 Å². The molecule has 0 fully saturated rings. The zero-order chi connectivity index (χ0) is 23.3. The van der Waals surface area contributed by atoms with Crippen LogP contribution in [-0.2, 0) is 11.3 Å². The number of methoxy groups -OCH3 is 3. The number of hydrogen-bond donors (Lipinski definition) is 2. The summed E-state index contributed by atoms with van der Waals surface area (Å²) in [6.45, 7) is 4.25. The minimum absolute atomic E-state index is 0.0440. The fraction of sp³-hybridized carbons (Fsp3) is 0.409. The van der Waals surface area contributed by atoms with Gasteiger partial charge in [-0.1, -0.05) is 12.1 Å². The van der Waals surface area contributed by atoms with E-state index in [0.29, 0.717) is 55.2 Å². The fourth-order valence-corrected chi connectivity index (χ4v) is 2.85. The summed E-state index contributed by atoms with van der Waals surface area (Å²) in [6, 6.07) is 9.87. The molecular formula is C22H30N4O6. The Balaban J connectivity index is 2.20. The molecule has 0 aromatic heterocycles. The molecule has 2 rings (SSSR count). The van der Waals surface area contributed by atoms with E-state index in [4.69, 9.17) is 18.9 Å². The lowest BCUT2D eigenvalue weighted by Gasteiger charge is -2.17. The molecule has 174 valence electrons. The van der Waals surface area contributed by atoms with E-state index in [1.165, 1.54) is 12.1 Å². The van der Waals surface area contributed by atoms with E-state index >= 15 is 0 Å². The molecule has 0 saturated heterocycles. The van der Waals surface area contributed by atoms with Gasteiger partial charge in [-0.3, -0.25) is 10.1 Å². The van der Waals surface area contributed by atoms with Crippen LogP contribution in [0.3, 0.4) is 0 Å². The molecule has 2 N–H and O–H groups in total. The first-order chi connectivity index (χ1) is 15.5. The van der Waals surface area contributed by atoms with Crippen LogP contribution in [0.4, 0.5) is 11.4 Å². The second-order valence-electron chi connectivity index (χ2n) is 6.60. The van der Waals surface area contributed by atoms with Crippen molar-refractivity contribution in [3.05, 3.63) is 52.1 Å². The Morgan fingerprint density at radius 2 is 1.72 bits per heavy atom. The number of nitrogens with one attached hydrogen (secondary N) is 2. The molecule has 10 heteroatoms. The van der Waals surface area contributed by atoms with Crippen molar-refractivity contribution in [3.63, 3.8) is 0 Å². The first-order valence-electron chi connectivity index (χ1n) is 10.2. The zero-order valence-electron chi connectivity index (χ0n) is 18.8. The summed E-state index contributed by atoms with van der Waals surface area (Å²) in [4.78, 5) is 15.0. The number of nitro groups is 1. The molecule has 0 aliphatic rings. The SMILES string of the molecule is CCOCCCNC(=NCc1ccc([N+](=O)[O-])cc1)Nc1cc(OC)c(OC)c(OC)c1.